The van der Waals surface area contributed by atoms with Gasteiger partial charge in [0.15, 0.2) is 0 Å². The first-order valence-electron chi connectivity index (χ1n) is 0. The molecule has 0 radical (unpaired) electrons. The van der Waals surface area contributed by atoms with Crippen molar-refractivity contribution in [2.75, 3.05) is 0 Å². The van der Waals surface area contributed by atoms with Gasteiger partial charge in [0.25, 0.3) is 0 Å². The molecule has 4 heteroatoms. The Morgan fingerprint density at radius 3 is 0.750 bits per heavy atom. The molecule has 0 aromatic heterocycles. The van der Waals surface area contributed by atoms with Crippen molar-refractivity contribution in [2.45, 2.75) is 0 Å². The first-order chi connectivity index (χ1) is 0. The molecule has 0 heterocycles. The molecule has 0 atom stereocenters. The van der Waals surface area contributed by atoms with Crippen molar-refractivity contribution in [3.05, 3.63) is 0 Å². The molecule has 0 bridgehead atoms. The second kappa shape index (κ2) is 20.4. The third-order valence-electron chi connectivity index (χ3n) is 0. The quantitative estimate of drug-likeness (QED) is 0.358. The van der Waals surface area contributed by atoms with Gasteiger partial charge in [0.05, 0.1) is 0 Å². The summed E-state index contributed by atoms with van der Waals surface area (Å²) < 4.78 is 0. The van der Waals surface area contributed by atoms with Gasteiger partial charge in [0, 0.05) is 0 Å². The molecule has 0 nitrogen and oxygen atoms in total. The topological polar surface area (TPSA) is 0 Å². The van der Waals surface area contributed by atoms with Gasteiger partial charge in [-0.2, -0.15) is 0 Å². The van der Waals surface area contributed by atoms with Gasteiger partial charge in [-0.1, -0.05) is 0 Å². The zero-order chi connectivity index (χ0) is 0. The minimum atomic E-state index is 0. The van der Waals surface area contributed by atoms with Crippen LogP contribution in [0, 0.1) is 0 Å². The molecule has 22 valence electrons. The molecule has 0 N–H and O–H groups in total. The summed E-state index contributed by atoms with van der Waals surface area (Å²) in [5.41, 5.74) is 0. The molecule has 0 aliphatic rings. The van der Waals surface area contributed by atoms with E-state index < -0.39 is 0 Å². The molecule has 0 rings (SSSR count). The van der Waals surface area contributed by atoms with Crippen molar-refractivity contribution in [1.82, 2.24) is 0 Å². The largest absolute Gasteiger partial charge is 0.316 e. The summed E-state index contributed by atoms with van der Waals surface area (Å²) in [4.78, 5) is 0. The normalized spacial score (nSPS) is 0. The van der Waals surface area contributed by atoms with E-state index in [9.17, 15) is 0 Å². The van der Waals surface area contributed by atoms with Crippen LogP contribution >= 0.6 is 24.8 Å². The molecule has 0 saturated carbocycles. The fourth-order valence-corrected chi connectivity index (χ4v) is 0. The van der Waals surface area contributed by atoms with Crippen LogP contribution < -0.4 is 0 Å². The monoisotopic (exact) mass is 106 g/mol. The van der Waals surface area contributed by atoms with Gasteiger partial charge in [-0.25, -0.2) is 0 Å². The average Bonchev–Trinajstić information content (AvgIpc) is 0. The van der Waals surface area contributed by atoms with Crippen LogP contribution in [0.25, 0.3) is 0 Å². The summed E-state index contributed by atoms with van der Waals surface area (Å²) in [6, 6.07) is 0. The van der Waals surface area contributed by atoms with Gasteiger partial charge >= 0.3 is 41.9 Å². The molecule has 4 heavy (non-hydrogen) atoms. The Hall–Kier alpha value is 1.94. The predicted octanol–water partition coefficient (Wildman–Crippen LogP) is -0.721. The second-order valence-electron chi connectivity index (χ2n) is 0. The predicted molar refractivity (Wildman–Crippen MR) is 30.2 cm³/mol. The van der Waals surface area contributed by atoms with Crippen LogP contribution in [-0.2, 0) is 0 Å². The fourth-order valence-electron chi connectivity index (χ4n) is 0. The maximum Gasteiger partial charge on any atom is 0.316 e. The molecule has 0 fully saturated rings. The maximum absolute atomic E-state index is 0. The Bertz CT molecular complexity index is 6.00. The van der Waals surface area contributed by atoms with E-state index in [1.165, 1.54) is 0 Å². The van der Waals surface area contributed by atoms with Crippen LogP contribution in [0.1, 0.15) is 0 Å². The van der Waals surface area contributed by atoms with E-state index in [0.717, 1.165) is 0 Å². The van der Waals surface area contributed by atoms with E-state index in [4.69, 9.17) is 0 Å². The van der Waals surface area contributed by atoms with Crippen LogP contribution in [0.5, 0.6) is 0 Å². The van der Waals surface area contributed by atoms with Crippen molar-refractivity contribution < 1.29 is 0 Å². The number of hydrogen-bond donors (Lipinski definition) is 0. The van der Waals surface area contributed by atoms with Crippen molar-refractivity contribution in [3.63, 3.8) is 0 Å². The Balaban J connectivity index is 0. The van der Waals surface area contributed by atoms with E-state index in [1.807, 2.05) is 0 Å². The van der Waals surface area contributed by atoms with Gasteiger partial charge in [-0.15, -0.1) is 24.8 Å². The van der Waals surface area contributed by atoms with Crippen molar-refractivity contribution in [2.24, 2.45) is 0 Å². The van der Waals surface area contributed by atoms with E-state index in [2.05, 4.69) is 0 Å². The maximum atomic E-state index is 0. The minimum Gasteiger partial charge on any atom is 0.316 e. The zero-order valence-corrected chi connectivity index (χ0v) is 2.45. The van der Waals surface area contributed by atoms with Crippen LogP contribution in [-0.4, -0.2) is 41.9 Å². The third-order valence-corrected chi connectivity index (χ3v) is 0. The molecule has 0 unspecified atom stereocenters. The molecular weight excluding hydrogens is 102 g/mol. The second-order valence-corrected chi connectivity index (χ2v) is 0. The zero-order valence-electron chi connectivity index (χ0n) is 0.816. The van der Waals surface area contributed by atoms with Crippen LogP contribution in [0.2, 0.25) is 0 Å². The van der Waals surface area contributed by atoms with Crippen LogP contribution in [0.15, 0.2) is 0 Å². The summed E-state index contributed by atoms with van der Waals surface area (Å²) in [5.74, 6) is 0. The average molecular weight is 107 g/mol. The fraction of sp³-hybridized carbons (Fsp3) is 0. The summed E-state index contributed by atoms with van der Waals surface area (Å²) in [6.45, 7) is 0. The summed E-state index contributed by atoms with van der Waals surface area (Å²) in [6.07, 6.45) is 0. The van der Waals surface area contributed by atoms with Gasteiger partial charge in [0.1, 0.15) is 0 Å². The third kappa shape index (κ3) is 9.05. The smallest absolute Gasteiger partial charge is 0.316 e. The number of halogens is 2. The number of rotatable bonds is 0. The molecule has 0 aliphatic heterocycles. The molecule has 0 aliphatic carbocycles. The molecule has 0 saturated heterocycles. The minimum absolute atomic E-state index is 0. The van der Waals surface area contributed by atoms with Crippen molar-refractivity contribution in [1.29, 1.82) is 0 Å². The number of hydrogen-bond acceptors (Lipinski definition) is 0. The van der Waals surface area contributed by atoms with E-state index in [0.29, 0.717) is 0 Å². The Morgan fingerprint density at radius 1 is 0.750 bits per heavy atom. The molecule has 0 aromatic rings. The first kappa shape index (κ1) is 38.5. The summed E-state index contributed by atoms with van der Waals surface area (Å²) >= 11 is 0. The van der Waals surface area contributed by atoms with Crippen molar-refractivity contribution >= 4 is 66.7 Å². The molecule has 0 aromatic carbocycles. The molecule has 0 spiro atoms. The van der Waals surface area contributed by atoms with E-state index in [-0.39, 0.29) is 66.7 Å². The standard InChI is InChI=1S/2ClH.Li.Mg.3H/h2*1H;;;;;. The van der Waals surface area contributed by atoms with E-state index in [1.54, 1.807) is 0 Å². The molecular formula is H5Cl2LiMg. The van der Waals surface area contributed by atoms with Crippen LogP contribution in [0.4, 0.5) is 0 Å². The van der Waals surface area contributed by atoms with Gasteiger partial charge in [-0.3, -0.25) is 0 Å². The SMILES string of the molecule is Cl.Cl.[LiH].[MgH2]. The van der Waals surface area contributed by atoms with E-state index >= 15 is 0 Å². The summed E-state index contributed by atoms with van der Waals surface area (Å²) in [7, 11) is 0. The first-order valence-corrected chi connectivity index (χ1v) is 0. The van der Waals surface area contributed by atoms with Gasteiger partial charge in [0.2, 0.25) is 0 Å². The molecule has 0 amide bonds. The Morgan fingerprint density at radius 2 is 0.750 bits per heavy atom. The van der Waals surface area contributed by atoms with Gasteiger partial charge < -0.3 is 0 Å². The Labute approximate surface area is 66.2 Å². The Kier molecular flexibility index (Phi) is 196. The van der Waals surface area contributed by atoms with Gasteiger partial charge in [-0.05, 0) is 0 Å². The van der Waals surface area contributed by atoms with Crippen molar-refractivity contribution in [3.8, 4) is 0 Å². The summed E-state index contributed by atoms with van der Waals surface area (Å²) in [5, 5.41) is 0. The van der Waals surface area contributed by atoms with Crippen LogP contribution in [0.3, 0.4) is 0 Å².